The highest BCUT2D eigenvalue weighted by atomic mass is 19.1. The van der Waals surface area contributed by atoms with Gasteiger partial charge in [0.05, 0.1) is 30.9 Å². The van der Waals surface area contributed by atoms with Crippen LogP contribution in [0.15, 0.2) is 12.1 Å². The van der Waals surface area contributed by atoms with Gasteiger partial charge in [-0.1, -0.05) is 0 Å². The average molecular weight is 282 g/mol. The van der Waals surface area contributed by atoms with E-state index in [1.165, 1.54) is 6.92 Å². The van der Waals surface area contributed by atoms with Crippen molar-refractivity contribution in [3.8, 4) is 6.07 Å². The minimum Gasteiger partial charge on any atom is -0.481 e. The van der Waals surface area contributed by atoms with Crippen molar-refractivity contribution in [2.45, 2.75) is 13.0 Å². The molecule has 20 heavy (non-hydrogen) atoms. The molecular formula is C13H12F2N2O3. The lowest BCUT2D eigenvalue weighted by Crippen LogP contribution is -2.43. The molecule has 106 valence electrons. The van der Waals surface area contributed by atoms with Gasteiger partial charge in [-0.15, -0.1) is 0 Å². The molecule has 7 heteroatoms. The van der Waals surface area contributed by atoms with Gasteiger partial charge in [-0.25, -0.2) is 8.78 Å². The molecule has 1 fully saturated rings. The van der Waals surface area contributed by atoms with Gasteiger partial charge in [0.1, 0.15) is 11.1 Å². The van der Waals surface area contributed by atoms with Gasteiger partial charge in [-0.2, -0.15) is 5.26 Å². The van der Waals surface area contributed by atoms with Crippen LogP contribution in [0.4, 0.5) is 14.5 Å². The van der Waals surface area contributed by atoms with E-state index in [0.717, 1.165) is 12.1 Å². The number of aliphatic carboxylic acids is 1. The first-order chi connectivity index (χ1) is 9.38. The molecule has 5 nitrogen and oxygen atoms in total. The number of nitriles is 1. The van der Waals surface area contributed by atoms with E-state index in [1.54, 1.807) is 6.07 Å². The van der Waals surface area contributed by atoms with E-state index in [-0.39, 0.29) is 18.8 Å². The Morgan fingerprint density at radius 2 is 2.15 bits per heavy atom. The molecule has 0 saturated carbocycles. The molecular weight excluding hydrogens is 270 g/mol. The summed E-state index contributed by atoms with van der Waals surface area (Å²) in [6.07, 6.45) is 0. The number of hydrogen-bond donors (Lipinski definition) is 2. The summed E-state index contributed by atoms with van der Waals surface area (Å²) in [4.78, 5) is 11.2. The summed E-state index contributed by atoms with van der Waals surface area (Å²) in [7, 11) is 0. The molecule has 1 heterocycles. The highest BCUT2D eigenvalue weighted by Crippen LogP contribution is 2.33. The monoisotopic (exact) mass is 282 g/mol. The Morgan fingerprint density at radius 3 is 2.65 bits per heavy atom. The molecule has 1 saturated heterocycles. The Kier molecular flexibility index (Phi) is 3.59. The third-order valence-corrected chi connectivity index (χ3v) is 3.43. The highest BCUT2D eigenvalue weighted by molar-refractivity contribution is 5.76. The van der Waals surface area contributed by atoms with Crippen LogP contribution in [-0.2, 0) is 9.53 Å². The molecule has 2 atom stereocenters. The van der Waals surface area contributed by atoms with Crippen LogP contribution in [0.25, 0.3) is 0 Å². The maximum Gasteiger partial charge on any atom is 0.313 e. The second-order valence-corrected chi connectivity index (χ2v) is 4.86. The van der Waals surface area contributed by atoms with Crippen molar-refractivity contribution < 1.29 is 23.4 Å². The zero-order valence-corrected chi connectivity index (χ0v) is 10.6. The molecule has 2 N–H and O–H groups in total. The minimum atomic E-state index is -1.27. The van der Waals surface area contributed by atoms with E-state index in [0.29, 0.717) is 0 Å². The van der Waals surface area contributed by atoms with Gasteiger partial charge in [0.15, 0.2) is 11.6 Å². The normalized spacial score (nSPS) is 25.2. The molecule has 1 aromatic carbocycles. The van der Waals surface area contributed by atoms with E-state index >= 15 is 0 Å². The van der Waals surface area contributed by atoms with Crippen molar-refractivity contribution in [2.24, 2.45) is 5.41 Å². The van der Waals surface area contributed by atoms with Gasteiger partial charge >= 0.3 is 5.97 Å². The molecule has 1 aromatic rings. The van der Waals surface area contributed by atoms with Crippen LogP contribution < -0.4 is 5.32 Å². The Hall–Kier alpha value is -2.20. The third-order valence-electron chi connectivity index (χ3n) is 3.43. The average Bonchev–Trinajstić information content (AvgIpc) is 2.76. The van der Waals surface area contributed by atoms with E-state index in [4.69, 9.17) is 10.00 Å². The largest absolute Gasteiger partial charge is 0.481 e. The predicted octanol–water partition coefficient (Wildman–Crippen LogP) is 1.74. The van der Waals surface area contributed by atoms with Gasteiger partial charge in [0.2, 0.25) is 0 Å². The number of nitrogens with one attached hydrogen (secondary N) is 1. The summed E-state index contributed by atoms with van der Waals surface area (Å²) < 4.78 is 32.6. The van der Waals surface area contributed by atoms with Gasteiger partial charge in [0, 0.05) is 0 Å². The maximum absolute atomic E-state index is 13.8. The number of nitrogens with zero attached hydrogens (tertiary/aromatic N) is 1. The van der Waals surface area contributed by atoms with E-state index in [9.17, 15) is 18.7 Å². The molecule has 1 aliphatic heterocycles. The second-order valence-electron chi connectivity index (χ2n) is 4.86. The van der Waals surface area contributed by atoms with Crippen molar-refractivity contribution in [1.82, 2.24) is 0 Å². The Labute approximate surface area is 113 Å². The van der Waals surface area contributed by atoms with Crippen molar-refractivity contribution in [2.75, 3.05) is 18.5 Å². The number of halogens is 2. The van der Waals surface area contributed by atoms with Crippen molar-refractivity contribution in [3.05, 3.63) is 29.3 Å². The standard InChI is InChI=1S/C13H12F2N2O3/c1-13(12(18)19)6-20-5-10(13)17-11-8(14)2-7(4-16)3-9(11)15/h2-3,10,17H,5-6H2,1H3,(H,18,19). The fourth-order valence-corrected chi connectivity index (χ4v) is 2.03. The van der Waals surface area contributed by atoms with Crippen molar-refractivity contribution in [1.29, 1.82) is 5.26 Å². The zero-order valence-electron chi connectivity index (χ0n) is 10.6. The number of carboxylic acid groups (broad SMARTS) is 1. The zero-order chi connectivity index (χ0) is 14.9. The van der Waals surface area contributed by atoms with Crippen molar-refractivity contribution in [3.63, 3.8) is 0 Å². The summed E-state index contributed by atoms with van der Waals surface area (Å²) in [6, 6.07) is 2.65. The molecule has 2 unspecified atom stereocenters. The lowest BCUT2D eigenvalue weighted by Gasteiger charge is -2.26. The van der Waals surface area contributed by atoms with Crippen LogP contribution in [-0.4, -0.2) is 30.3 Å². The second kappa shape index (κ2) is 5.06. The van der Waals surface area contributed by atoms with Crippen LogP contribution in [0.2, 0.25) is 0 Å². The van der Waals surface area contributed by atoms with Crippen LogP contribution in [0.3, 0.4) is 0 Å². The van der Waals surface area contributed by atoms with E-state index < -0.39 is 34.7 Å². The van der Waals surface area contributed by atoms with Crippen LogP contribution in [0.5, 0.6) is 0 Å². The molecule has 0 aliphatic carbocycles. The number of carboxylic acids is 1. The molecule has 0 spiro atoms. The van der Waals surface area contributed by atoms with Crippen molar-refractivity contribution >= 4 is 11.7 Å². The minimum absolute atomic E-state index is 0.0294. The smallest absolute Gasteiger partial charge is 0.313 e. The molecule has 0 aromatic heterocycles. The Bertz CT molecular complexity index is 577. The van der Waals surface area contributed by atoms with E-state index in [2.05, 4.69) is 5.32 Å². The number of rotatable bonds is 3. The highest BCUT2D eigenvalue weighted by Gasteiger charge is 2.47. The predicted molar refractivity (Wildman–Crippen MR) is 65.0 cm³/mol. The molecule has 0 radical (unpaired) electrons. The molecule has 0 bridgehead atoms. The topological polar surface area (TPSA) is 82.3 Å². The number of anilines is 1. The number of hydrogen-bond acceptors (Lipinski definition) is 4. The van der Waals surface area contributed by atoms with Crippen LogP contribution >= 0.6 is 0 Å². The number of ether oxygens (including phenoxy) is 1. The first-order valence-corrected chi connectivity index (χ1v) is 5.85. The van der Waals surface area contributed by atoms with Gasteiger partial charge in [-0.3, -0.25) is 4.79 Å². The summed E-state index contributed by atoms with van der Waals surface area (Å²) in [5, 5.41) is 20.3. The Balaban J connectivity index is 2.31. The SMILES string of the molecule is CC1(C(=O)O)COCC1Nc1c(F)cc(C#N)cc1F. The summed E-state index contributed by atoms with van der Waals surface area (Å²) >= 11 is 0. The molecule has 0 amide bonds. The fourth-order valence-electron chi connectivity index (χ4n) is 2.03. The first-order valence-electron chi connectivity index (χ1n) is 5.85. The van der Waals surface area contributed by atoms with Crippen LogP contribution in [0, 0.1) is 28.4 Å². The third kappa shape index (κ3) is 2.30. The summed E-state index contributed by atoms with van der Waals surface area (Å²) in [6.45, 7) is 1.43. The van der Waals surface area contributed by atoms with Gasteiger partial charge < -0.3 is 15.2 Å². The van der Waals surface area contributed by atoms with Gasteiger partial charge in [0.25, 0.3) is 0 Å². The summed E-state index contributed by atoms with van der Waals surface area (Å²) in [5.41, 5.74) is -1.87. The van der Waals surface area contributed by atoms with Gasteiger partial charge in [-0.05, 0) is 19.1 Å². The quantitative estimate of drug-likeness (QED) is 0.882. The van der Waals surface area contributed by atoms with E-state index in [1.807, 2.05) is 0 Å². The number of benzene rings is 1. The number of carbonyl (C=O) groups is 1. The fraction of sp³-hybridized carbons (Fsp3) is 0.385. The Morgan fingerprint density at radius 1 is 1.55 bits per heavy atom. The summed E-state index contributed by atoms with van der Waals surface area (Å²) in [5.74, 6) is -3.00. The van der Waals surface area contributed by atoms with Crippen LogP contribution in [0.1, 0.15) is 12.5 Å². The first kappa shape index (κ1) is 14.2. The maximum atomic E-state index is 13.8. The molecule has 2 rings (SSSR count). The lowest BCUT2D eigenvalue weighted by molar-refractivity contribution is -0.148. The molecule has 1 aliphatic rings. The lowest BCUT2D eigenvalue weighted by atomic mass is 9.85.